The molecule has 1 radical (unpaired) electrons. The maximum Gasteiger partial charge on any atom is 0.103 e. The van der Waals surface area contributed by atoms with Gasteiger partial charge in [0.15, 0.2) is 0 Å². The standard InChI is InChI=1S/C6H7N2S2/c1-2-10-8-5(1)6-3-9-4-7-6/h3-4,6H,1-2H2. The van der Waals surface area contributed by atoms with E-state index in [4.69, 9.17) is 0 Å². The Morgan fingerprint density at radius 3 is 3.20 bits per heavy atom. The van der Waals surface area contributed by atoms with Gasteiger partial charge >= 0.3 is 0 Å². The predicted octanol–water partition coefficient (Wildman–Crippen LogP) is 1.78. The van der Waals surface area contributed by atoms with E-state index in [0.717, 1.165) is 12.2 Å². The van der Waals surface area contributed by atoms with Gasteiger partial charge in [-0.05, 0) is 18.4 Å². The molecule has 0 N–H and O–H groups in total. The summed E-state index contributed by atoms with van der Waals surface area (Å²) >= 11 is 3.32. The van der Waals surface area contributed by atoms with Crippen molar-refractivity contribution in [3.63, 3.8) is 0 Å². The first-order chi connectivity index (χ1) is 4.97. The van der Waals surface area contributed by atoms with Gasteiger partial charge in [-0.25, -0.2) is 4.40 Å². The number of hydrogen-bond donors (Lipinski definition) is 0. The Morgan fingerprint density at radius 1 is 1.60 bits per heavy atom. The average molecular weight is 171 g/mol. The minimum Gasteiger partial charge on any atom is -0.276 e. The third-order valence-electron chi connectivity index (χ3n) is 1.46. The van der Waals surface area contributed by atoms with E-state index < -0.39 is 0 Å². The Bertz CT molecular complexity index is 188. The van der Waals surface area contributed by atoms with Crippen LogP contribution in [0.4, 0.5) is 0 Å². The molecule has 2 aliphatic heterocycles. The van der Waals surface area contributed by atoms with Gasteiger partial charge < -0.3 is 0 Å². The van der Waals surface area contributed by atoms with Crippen LogP contribution in [0.2, 0.25) is 0 Å². The van der Waals surface area contributed by atoms with Gasteiger partial charge in [-0.1, -0.05) is 0 Å². The summed E-state index contributed by atoms with van der Waals surface area (Å²) in [5, 5.41) is 0. The van der Waals surface area contributed by atoms with Crippen molar-refractivity contribution in [3.05, 3.63) is 5.75 Å². The normalized spacial score (nSPS) is 31.2. The molecular weight excluding hydrogens is 164 g/mol. The van der Waals surface area contributed by atoms with Gasteiger partial charge in [0.2, 0.25) is 0 Å². The van der Waals surface area contributed by atoms with E-state index in [2.05, 4.69) is 15.1 Å². The van der Waals surface area contributed by atoms with Crippen molar-refractivity contribution in [2.24, 2.45) is 9.39 Å². The average Bonchev–Trinajstić information content (AvgIpc) is 2.59. The van der Waals surface area contributed by atoms with Crippen LogP contribution in [0.25, 0.3) is 0 Å². The van der Waals surface area contributed by atoms with Crippen LogP contribution in [0.5, 0.6) is 0 Å². The van der Waals surface area contributed by atoms with E-state index in [9.17, 15) is 0 Å². The molecule has 0 saturated carbocycles. The molecule has 0 fully saturated rings. The molecule has 2 heterocycles. The van der Waals surface area contributed by atoms with Crippen molar-refractivity contribution < 1.29 is 0 Å². The molecule has 0 bridgehead atoms. The highest BCUT2D eigenvalue weighted by Crippen LogP contribution is 2.25. The summed E-state index contributed by atoms with van der Waals surface area (Å²) in [7, 11) is 0. The molecule has 0 spiro atoms. The summed E-state index contributed by atoms with van der Waals surface area (Å²) in [6.07, 6.45) is 1.11. The molecule has 0 aromatic carbocycles. The first-order valence-corrected chi connectivity index (χ1v) is 5.04. The largest absolute Gasteiger partial charge is 0.276 e. The minimum absolute atomic E-state index is 0.292. The first-order valence-electron chi connectivity index (χ1n) is 3.16. The molecule has 10 heavy (non-hydrogen) atoms. The number of hydrogen-bond acceptors (Lipinski definition) is 4. The van der Waals surface area contributed by atoms with Crippen LogP contribution in [0.15, 0.2) is 9.39 Å². The molecule has 2 aliphatic rings. The maximum absolute atomic E-state index is 4.29. The van der Waals surface area contributed by atoms with Crippen molar-refractivity contribution in [1.29, 1.82) is 0 Å². The molecular formula is C6H7N2S2. The Kier molecular flexibility index (Phi) is 2.00. The Morgan fingerprint density at radius 2 is 2.60 bits per heavy atom. The predicted molar refractivity (Wildman–Crippen MR) is 48.7 cm³/mol. The highest BCUT2D eigenvalue weighted by molar-refractivity contribution is 8.14. The number of thioether (sulfide) groups is 1. The zero-order valence-corrected chi connectivity index (χ0v) is 6.99. The second kappa shape index (κ2) is 2.96. The molecule has 0 amide bonds. The van der Waals surface area contributed by atoms with Gasteiger partial charge in [-0.2, -0.15) is 0 Å². The molecule has 0 saturated heterocycles. The van der Waals surface area contributed by atoms with E-state index in [1.54, 1.807) is 23.7 Å². The van der Waals surface area contributed by atoms with Crippen molar-refractivity contribution in [2.45, 2.75) is 12.5 Å². The Balaban J connectivity index is 2.04. The molecule has 4 heteroatoms. The highest BCUT2D eigenvalue weighted by atomic mass is 32.2. The fourth-order valence-corrected chi connectivity index (χ4v) is 2.34. The van der Waals surface area contributed by atoms with E-state index in [1.807, 2.05) is 5.55 Å². The molecule has 0 aliphatic carbocycles. The van der Waals surface area contributed by atoms with E-state index in [-0.39, 0.29) is 0 Å². The zero-order chi connectivity index (χ0) is 6.81. The summed E-state index contributed by atoms with van der Waals surface area (Å²) in [5.74, 6) is 3.27. The second-order valence-electron chi connectivity index (χ2n) is 2.14. The van der Waals surface area contributed by atoms with E-state index >= 15 is 0 Å². The lowest BCUT2D eigenvalue weighted by molar-refractivity contribution is 1.05. The van der Waals surface area contributed by atoms with Crippen molar-refractivity contribution in [1.82, 2.24) is 0 Å². The van der Waals surface area contributed by atoms with Crippen LogP contribution in [-0.2, 0) is 0 Å². The zero-order valence-electron chi connectivity index (χ0n) is 5.36. The van der Waals surface area contributed by atoms with Crippen molar-refractivity contribution in [2.75, 3.05) is 5.75 Å². The molecule has 53 valence electrons. The summed E-state index contributed by atoms with van der Waals surface area (Å²) in [6, 6.07) is 0.292. The van der Waals surface area contributed by atoms with E-state index in [1.165, 1.54) is 5.71 Å². The van der Waals surface area contributed by atoms with Crippen LogP contribution in [0, 0.1) is 5.75 Å². The van der Waals surface area contributed by atoms with Gasteiger partial charge in [0, 0.05) is 5.75 Å². The summed E-state index contributed by atoms with van der Waals surface area (Å²) in [4.78, 5) is 4.26. The molecule has 0 aromatic rings. The highest BCUT2D eigenvalue weighted by Gasteiger charge is 2.20. The molecule has 1 atom stereocenters. The van der Waals surface area contributed by atoms with Crippen LogP contribution < -0.4 is 0 Å². The summed E-state index contributed by atoms with van der Waals surface area (Å²) in [6.45, 7) is 0. The van der Waals surface area contributed by atoms with Crippen LogP contribution >= 0.6 is 23.7 Å². The third kappa shape index (κ3) is 1.22. The monoisotopic (exact) mass is 171 g/mol. The molecule has 2 rings (SSSR count). The third-order valence-corrected chi connectivity index (χ3v) is 2.87. The molecule has 0 aromatic heterocycles. The van der Waals surface area contributed by atoms with Crippen molar-refractivity contribution in [3.8, 4) is 0 Å². The van der Waals surface area contributed by atoms with Crippen LogP contribution in [-0.4, -0.2) is 23.1 Å². The number of nitrogens with zero attached hydrogens (tertiary/aromatic N) is 2. The lowest BCUT2D eigenvalue weighted by Gasteiger charge is -2.01. The van der Waals surface area contributed by atoms with E-state index in [0.29, 0.717) is 6.04 Å². The van der Waals surface area contributed by atoms with Gasteiger partial charge in [-0.15, -0.1) is 11.8 Å². The lowest BCUT2D eigenvalue weighted by Crippen LogP contribution is -2.13. The number of aliphatic imine (C=N–C) groups is 1. The Hall–Kier alpha value is 0.0400. The molecule has 2 nitrogen and oxygen atoms in total. The minimum atomic E-state index is 0.292. The SMILES string of the molecule is [CH]1SC=NC1C1=NSCC1. The fourth-order valence-electron chi connectivity index (χ4n) is 0.936. The van der Waals surface area contributed by atoms with Gasteiger partial charge in [0.1, 0.15) is 6.04 Å². The Labute approximate surface area is 68.7 Å². The second-order valence-corrected chi connectivity index (χ2v) is 3.74. The quantitative estimate of drug-likeness (QED) is 0.562. The fraction of sp³-hybridized carbons (Fsp3) is 0.500. The van der Waals surface area contributed by atoms with Crippen LogP contribution in [0.3, 0.4) is 0 Å². The maximum atomic E-state index is 4.29. The summed E-state index contributed by atoms with van der Waals surface area (Å²) < 4.78 is 4.29. The number of rotatable bonds is 1. The summed E-state index contributed by atoms with van der Waals surface area (Å²) in [5.41, 5.74) is 3.13. The smallest absolute Gasteiger partial charge is 0.103 e. The first kappa shape index (κ1) is 6.73. The van der Waals surface area contributed by atoms with Gasteiger partial charge in [0.05, 0.1) is 17.0 Å². The lowest BCUT2D eigenvalue weighted by atomic mass is 10.2. The van der Waals surface area contributed by atoms with Gasteiger partial charge in [0.25, 0.3) is 0 Å². The topological polar surface area (TPSA) is 24.7 Å². The molecule has 1 unspecified atom stereocenters. The van der Waals surface area contributed by atoms with Crippen LogP contribution in [0.1, 0.15) is 6.42 Å². The van der Waals surface area contributed by atoms with Crippen molar-refractivity contribution >= 4 is 35.0 Å². The van der Waals surface area contributed by atoms with Gasteiger partial charge in [-0.3, -0.25) is 4.99 Å².